The van der Waals surface area contributed by atoms with Gasteiger partial charge in [0.1, 0.15) is 5.57 Å². The fourth-order valence-corrected chi connectivity index (χ4v) is 2.76. The Labute approximate surface area is 163 Å². The summed E-state index contributed by atoms with van der Waals surface area (Å²) >= 11 is 12.0. The van der Waals surface area contributed by atoms with Crippen LogP contribution in [-0.2, 0) is 14.3 Å². The molecule has 0 unspecified atom stereocenters. The Morgan fingerprint density at radius 2 is 1.65 bits per heavy atom. The lowest BCUT2D eigenvalue weighted by molar-refractivity contribution is -0.133. The molecule has 134 valence electrons. The van der Waals surface area contributed by atoms with Crippen molar-refractivity contribution in [1.82, 2.24) is 0 Å². The second-order valence-electron chi connectivity index (χ2n) is 5.23. The first-order chi connectivity index (χ1) is 12.6. The molecule has 0 fully saturated rings. The zero-order valence-corrected chi connectivity index (χ0v) is 15.9. The van der Waals surface area contributed by atoms with Gasteiger partial charge in [-0.05, 0) is 28.8 Å². The first-order valence-electron chi connectivity index (χ1n) is 7.77. The number of hydrogen-bond acceptors (Lipinski definition) is 3. The van der Waals surface area contributed by atoms with Crippen molar-refractivity contribution in [2.24, 2.45) is 0 Å². The van der Waals surface area contributed by atoms with Crippen LogP contribution in [0.2, 0.25) is 10.0 Å². The van der Waals surface area contributed by atoms with Gasteiger partial charge in [0, 0.05) is 10.0 Å². The number of methoxy groups -OCH3 is 2. The van der Waals surface area contributed by atoms with E-state index in [9.17, 15) is 4.79 Å². The Balaban J connectivity index is 2.27. The Morgan fingerprint density at radius 3 is 2.31 bits per heavy atom. The molecule has 2 rings (SSSR count). The molecule has 0 aliphatic heterocycles. The van der Waals surface area contributed by atoms with Crippen molar-refractivity contribution in [3.63, 3.8) is 0 Å². The van der Waals surface area contributed by atoms with E-state index >= 15 is 0 Å². The van der Waals surface area contributed by atoms with Crippen molar-refractivity contribution in [1.29, 1.82) is 0 Å². The van der Waals surface area contributed by atoms with Crippen LogP contribution in [0, 0.1) is 0 Å². The third-order valence-corrected chi connectivity index (χ3v) is 4.08. The predicted octanol–water partition coefficient (Wildman–Crippen LogP) is 5.88. The smallest absolute Gasteiger partial charge is 0.341 e. The number of ether oxygens (including phenoxy) is 2. The minimum Gasteiger partial charge on any atom is -0.503 e. The normalized spacial score (nSPS) is 11.9. The van der Waals surface area contributed by atoms with E-state index in [1.165, 1.54) is 20.5 Å². The maximum atomic E-state index is 12.0. The van der Waals surface area contributed by atoms with Gasteiger partial charge >= 0.3 is 5.97 Å². The minimum atomic E-state index is -0.462. The van der Waals surface area contributed by atoms with Gasteiger partial charge in [-0.15, -0.1) is 0 Å². The van der Waals surface area contributed by atoms with Crippen molar-refractivity contribution in [2.75, 3.05) is 14.2 Å². The van der Waals surface area contributed by atoms with Gasteiger partial charge < -0.3 is 9.47 Å². The molecule has 0 N–H and O–H groups in total. The SMILES string of the molecule is CO/C=C(\C(=O)OC)c1ccccc1/C=C/C=C/c1ccc(Cl)cc1Cl. The van der Waals surface area contributed by atoms with Crippen molar-refractivity contribution in [3.05, 3.63) is 87.6 Å². The molecule has 0 aromatic heterocycles. The van der Waals surface area contributed by atoms with E-state index in [0.29, 0.717) is 15.6 Å². The van der Waals surface area contributed by atoms with Crippen molar-refractivity contribution < 1.29 is 14.3 Å². The summed E-state index contributed by atoms with van der Waals surface area (Å²) in [5, 5.41) is 1.18. The van der Waals surface area contributed by atoms with E-state index < -0.39 is 5.97 Å². The Morgan fingerprint density at radius 1 is 0.962 bits per heavy atom. The number of benzene rings is 2. The summed E-state index contributed by atoms with van der Waals surface area (Å²) < 4.78 is 9.85. The van der Waals surface area contributed by atoms with E-state index in [4.69, 9.17) is 32.7 Å². The van der Waals surface area contributed by atoms with Gasteiger partial charge in [-0.1, -0.05) is 77.8 Å². The highest BCUT2D eigenvalue weighted by Crippen LogP contribution is 2.23. The quantitative estimate of drug-likeness (QED) is 0.268. The molecule has 0 saturated heterocycles. The first kappa shape index (κ1) is 19.8. The lowest BCUT2D eigenvalue weighted by atomic mass is 10.00. The van der Waals surface area contributed by atoms with Crippen LogP contribution in [0.3, 0.4) is 0 Å². The molecular formula is C21H18Cl2O3. The summed E-state index contributed by atoms with van der Waals surface area (Å²) in [5.41, 5.74) is 2.78. The largest absolute Gasteiger partial charge is 0.503 e. The lowest BCUT2D eigenvalue weighted by Gasteiger charge is -2.08. The molecule has 0 radical (unpaired) electrons. The number of carbonyl (C=O) groups excluding carboxylic acids is 1. The van der Waals surface area contributed by atoms with Crippen LogP contribution >= 0.6 is 23.2 Å². The van der Waals surface area contributed by atoms with Crippen molar-refractivity contribution in [2.45, 2.75) is 0 Å². The van der Waals surface area contributed by atoms with Crippen LogP contribution in [0.1, 0.15) is 16.7 Å². The van der Waals surface area contributed by atoms with Gasteiger partial charge in [0.2, 0.25) is 0 Å². The van der Waals surface area contributed by atoms with Gasteiger partial charge in [-0.2, -0.15) is 0 Å². The molecule has 0 spiro atoms. The third kappa shape index (κ3) is 5.25. The van der Waals surface area contributed by atoms with Crippen LogP contribution in [-0.4, -0.2) is 20.2 Å². The number of allylic oxidation sites excluding steroid dienone is 2. The summed E-state index contributed by atoms with van der Waals surface area (Å²) in [7, 11) is 2.82. The molecule has 2 aromatic carbocycles. The Hall–Kier alpha value is -2.49. The lowest BCUT2D eigenvalue weighted by Crippen LogP contribution is -2.05. The van der Waals surface area contributed by atoms with Gasteiger partial charge in [0.05, 0.1) is 20.5 Å². The van der Waals surface area contributed by atoms with Gasteiger partial charge in [0.15, 0.2) is 0 Å². The van der Waals surface area contributed by atoms with E-state index in [1.54, 1.807) is 12.1 Å². The average Bonchev–Trinajstić information content (AvgIpc) is 2.64. The maximum Gasteiger partial charge on any atom is 0.341 e. The molecule has 0 heterocycles. The average molecular weight is 389 g/mol. The summed E-state index contributed by atoms with van der Waals surface area (Å²) in [5.74, 6) is -0.462. The van der Waals surface area contributed by atoms with E-state index in [0.717, 1.165) is 16.7 Å². The number of halogens is 2. The number of carbonyl (C=O) groups is 1. The molecular weight excluding hydrogens is 371 g/mol. The summed E-state index contributed by atoms with van der Waals surface area (Å²) in [4.78, 5) is 12.0. The molecule has 0 aliphatic rings. The van der Waals surface area contributed by atoms with Crippen molar-refractivity contribution in [3.8, 4) is 0 Å². The number of esters is 1. The summed E-state index contributed by atoms with van der Waals surface area (Å²) in [6, 6.07) is 12.8. The molecule has 0 aliphatic carbocycles. The molecule has 0 amide bonds. The monoisotopic (exact) mass is 388 g/mol. The Bertz CT molecular complexity index is 867. The van der Waals surface area contributed by atoms with Gasteiger partial charge in [-0.3, -0.25) is 0 Å². The zero-order valence-electron chi connectivity index (χ0n) is 14.4. The van der Waals surface area contributed by atoms with E-state index in [-0.39, 0.29) is 0 Å². The fourth-order valence-electron chi connectivity index (χ4n) is 2.29. The third-order valence-electron chi connectivity index (χ3n) is 3.52. The van der Waals surface area contributed by atoms with Crippen LogP contribution in [0.15, 0.2) is 60.9 Å². The topological polar surface area (TPSA) is 35.5 Å². The zero-order chi connectivity index (χ0) is 18.9. The standard InChI is InChI=1S/C21H18Cl2O3/c1-25-14-19(21(24)26-2)18-10-6-5-8-15(18)7-3-4-9-16-11-12-17(22)13-20(16)23/h3-14H,1-2H3/b7-3+,9-4+,19-14-. The van der Waals surface area contributed by atoms with Crippen LogP contribution in [0.5, 0.6) is 0 Å². The van der Waals surface area contributed by atoms with Crippen LogP contribution in [0.25, 0.3) is 17.7 Å². The van der Waals surface area contributed by atoms with E-state index in [1.807, 2.05) is 54.6 Å². The number of hydrogen-bond donors (Lipinski definition) is 0. The van der Waals surface area contributed by atoms with Crippen molar-refractivity contribution >= 4 is 46.9 Å². The molecule has 0 atom stereocenters. The molecule has 0 bridgehead atoms. The van der Waals surface area contributed by atoms with Crippen LogP contribution < -0.4 is 0 Å². The highest BCUT2D eigenvalue weighted by Gasteiger charge is 2.15. The van der Waals surface area contributed by atoms with Gasteiger partial charge in [-0.25, -0.2) is 4.79 Å². The minimum absolute atomic E-state index is 0.347. The molecule has 2 aromatic rings. The van der Waals surface area contributed by atoms with Crippen LogP contribution in [0.4, 0.5) is 0 Å². The number of rotatable bonds is 6. The van der Waals surface area contributed by atoms with Gasteiger partial charge in [0.25, 0.3) is 0 Å². The maximum absolute atomic E-state index is 12.0. The highest BCUT2D eigenvalue weighted by molar-refractivity contribution is 6.35. The molecule has 3 nitrogen and oxygen atoms in total. The fraction of sp³-hybridized carbons (Fsp3) is 0.0952. The molecule has 0 saturated carbocycles. The van der Waals surface area contributed by atoms with E-state index in [2.05, 4.69) is 0 Å². The summed E-state index contributed by atoms with van der Waals surface area (Å²) in [6.07, 6.45) is 8.88. The second-order valence-corrected chi connectivity index (χ2v) is 6.07. The molecule has 26 heavy (non-hydrogen) atoms. The molecule has 5 heteroatoms. The highest BCUT2D eigenvalue weighted by atomic mass is 35.5. The Kier molecular flexibility index (Phi) is 7.52. The predicted molar refractivity (Wildman–Crippen MR) is 108 cm³/mol. The first-order valence-corrected chi connectivity index (χ1v) is 8.53. The second kappa shape index (κ2) is 9.85. The summed E-state index contributed by atoms with van der Waals surface area (Å²) in [6.45, 7) is 0.